The molecule has 0 unspecified atom stereocenters. The Bertz CT molecular complexity index is 1440. The first-order chi connectivity index (χ1) is 17.9. The van der Waals surface area contributed by atoms with E-state index in [1.165, 1.54) is 40.6 Å². The first-order valence-electron chi connectivity index (χ1n) is 11.4. The summed E-state index contributed by atoms with van der Waals surface area (Å²) in [4.78, 5) is 35.6. The van der Waals surface area contributed by atoms with Gasteiger partial charge >= 0.3 is 5.97 Å². The highest BCUT2D eigenvalue weighted by molar-refractivity contribution is 8.20. The molecule has 188 valence electrons. The predicted octanol–water partition coefficient (Wildman–Crippen LogP) is 5.76. The quantitative estimate of drug-likeness (QED) is 0.327. The van der Waals surface area contributed by atoms with Crippen molar-refractivity contribution in [2.45, 2.75) is 11.8 Å². The van der Waals surface area contributed by atoms with Crippen LogP contribution < -0.4 is 14.5 Å². The number of carbonyl (C=O) groups is 2. The van der Waals surface area contributed by atoms with Gasteiger partial charge in [0.25, 0.3) is 5.91 Å². The molecule has 0 aliphatic carbocycles. The van der Waals surface area contributed by atoms with Crippen molar-refractivity contribution >= 4 is 57.6 Å². The minimum absolute atomic E-state index is 0.102. The van der Waals surface area contributed by atoms with E-state index >= 15 is 0 Å². The molecule has 5 rings (SSSR count). The average molecular weight is 534 g/mol. The van der Waals surface area contributed by atoms with E-state index in [0.29, 0.717) is 33.6 Å². The molecule has 10 heteroatoms. The van der Waals surface area contributed by atoms with Crippen molar-refractivity contribution in [3.8, 4) is 11.5 Å². The first-order valence-corrected chi connectivity index (χ1v) is 13.0. The fourth-order valence-corrected chi connectivity index (χ4v) is 6.18. The molecule has 2 aliphatic heterocycles. The molecule has 1 N–H and O–H groups in total. The number of anilines is 2. The molecule has 3 aromatic rings. The van der Waals surface area contributed by atoms with Gasteiger partial charge in [0.1, 0.15) is 16.4 Å². The molecular formula is C27H23N3O5S2. The highest BCUT2D eigenvalue weighted by Crippen LogP contribution is 2.51. The number of hydrogen-bond acceptors (Lipinski definition) is 9. The summed E-state index contributed by atoms with van der Waals surface area (Å²) in [6.07, 6.45) is 0. The van der Waals surface area contributed by atoms with Gasteiger partial charge < -0.3 is 19.5 Å². The van der Waals surface area contributed by atoms with Gasteiger partial charge in [0.2, 0.25) is 0 Å². The smallest absolute Gasteiger partial charge is 0.338 e. The van der Waals surface area contributed by atoms with Gasteiger partial charge in [-0.25, -0.2) is 9.79 Å². The lowest BCUT2D eigenvalue weighted by Crippen LogP contribution is -2.29. The van der Waals surface area contributed by atoms with Crippen LogP contribution in [0.4, 0.5) is 17.1 Å². The topological polar surface area (TPSA) is 91.7 Å². The second kappa shape index (κ2) is 10.2. The van der Waals surface area contributed by atoms with Crippen LogP contribution in [0.15, 0.2) is 86.6 Å². The molecule has 0 radical (unpaired) electrons. The lowest BCUT2D eigenvalue weighted by Gasteiger charge is -2.17. The maximum atomic E-state index is 13.8. The van der Waals surface area contributed by atoms with E-state index in [0.717, 1.165) is 21.4 Å². The number of methoxy groups -OCH3 is 1. The van der Waals surface area contributed by atoms with Crippen LogP contribution in [0.5, 0.6) is 11.5 Å². The predicted molar refractivity (Wildman–Crippen MR) is 147 cm³/mol. The third-order valence-electron chi connectivity index (χ3n) is 5.73. The second-order valence-corrected chi connectivity index (χ2v) is 10.1. The monoisotopic (exact) mass is 533 g/mol. The molecular weight excluding hydrogens is 510 g/mol. The fourth-order valence-electron chi connectivity index (χ4n) is 3.86. The van der Waals surface area contributed by atoms with Crippen molar-refractivity contribution in [1.29, 1.82) is 0 Å². The molecule has 3 aromatic carbocycles. The minimum atomic E-state index is -0.401. The van der Waals surface area contributed by atoms with Crippen LogP contribution in [0, 0.1) is 0 Å². The molecule has 2 aliphatic rings. The second-order valence-electron chi connectivity index (χ2n) is 8.05. The van der Waals surface area contributed by atoms with Crippen LogP contribution in [-0.4, -0.2) is 42.9 Å². The number of aromatic hydroxyl groups is 1. The largest absolute Gasteiger partial charge is 0.508 e. The number of ether oxygens (including phenoxy) is 2. The van der Waals surface area contributed by atoms with Gasteiger partial charge in [0.15, 0.2) is 5.17 Å². The van der Waals surface area contributed by atoms with Crippen molar-refractivity contribution in [2.24, 2.45) is 4.99 Å². The fraction of sp³-hybridized carbons (Fsp3) is 0.148. The maximum absolute atomic E-state index is 13.8. The first kappa shape index (κ1) is 24.8. The lowest BCUT2D eigenvalue weighted by molar-refractivity contribution is -0.113. The van der Waals surface area contributed by atoms with Crippen LogP contribution in [-0.2, 0) is 9.53 Å². The van der Waals surface area contributed by atoms with Crippen molar-refractivity contribution in [3.05, 3.63) is 82.2 Å². The van der Waals surface area contributed by atoms with Gasteiger partial charge in [0, 0.05) is 18.0 Å². The molecule has 0 aromatic heterocycles. The Kier molecular flexibility index (Phi) is 6.86. The number of carbonyl (C=O) groups excluding carboxylic acids is 2. The van der Waals surface area contributed by atoms with Crippen molar-refractivity contribution in [1.82, 2.24) is 0 Å². The number of hydrogen-bond donors (Lipinski definition) is 1. The molecule has 8 nitrogen and oxygen atoms in total. The highest BCUT2D eigenvalue weighted by atomic mass is 32.2. The van der Waals surface area contributed by atoms with E-state index in [1.807, 2.05) is 30.1 Å². The van der Waals surface area contributed by atoms with Crippen LogP contribution in [0.3, 0.4) is 0 Å². The molecule has 1 fully saturated rings. The number of fused-ring (bicyclic) bond motifs is 1. The Hall–Kier alpha value is -3.89. The molecule has 2 heterocycles. The number of phenols is 1. The summed E-state index contributed by atoms with van der Waals surface area (Å²) in [7, 11) is 3.54. The Labute approximate surface area is 222 Å². The van der Waals surface area contributed by atoms with Gasteiger partial charge in [-0.05, 0) is 79.3 Å². The number of amides is 1. The van der Waals surface area contributed by atoms with E-state index < -0.39 is 5.97 Å². The molecule has 0 saturated carbocycles. The third-order valence-corrected chi connectivity index (χ3v) is 8.12. The van der Waals surface area contributed by atoms with E-state index in [4.69, 9.17) is 14.5 Å². The zero-order valence-electron chi connectivity index (χ0n) is 20.3. The number of amidine groups is 1. The average Bonchev–Trinajstić information content (AvgIpc) is 3.40. The van der Waals surface area contributed by atoms with Crippen molar-refractivity contribution < 1.29 is 24.2 Å². The Morgan fingerprint density at radius 3 is 2.43 bits per heavy atom. The molecule has 1 saturated heterocycles. The van der Waals surface area contributed by atoms with Gasteiger partial charge in [0.05, 0.1) is 41.4 Å². The van der Waals surface area contributed by atoms with Gasteiger partial charge in [-0.2, -0.15) is 0 Å². The van der Waals surface area contributed by atoms with Gasteiger partial charge in [-0.15, -0.1) is 0 Å². The summed E-state index contributed by atoms with van der Waals surface area (Å²) in [5, 5.41) is 11.0. The van der Waals surface area contributed by atoms with E-state index in [1.54, 1.807) is 50.4 Å². The normalized spacial score (nSPS) is 17.9. The SMILES string of the molecule is CCOC(=O)c1ccc(N=C2SC(=C3Sc4ccc(OC)cc4N3C)C(=O)N2c2ccc(O)cc2)cc1. The highest BCUT2D eigenvalue weighted by Gasteiger charge is 2.40. The van der Waals surface area contributed by atoms with Crippen LogP contribution >= 0.6 is 23.5 Å². The zero-order valence-corrected chi connectivity index (χ0v) is 21.9. The Morgan fingerprint density at radius 1 is 1.03 bits per heavy atom. The van der Waals surface area contributed by atoms with Crippen molar-refractivity contribution in [2.75, 3.05) is 30.6 Å². The summed E-state index contributed by atoms with van der Waals surface area (Å²) in [5.74, 6) is 0.223. The molecule has 1 amide bonds. The zero-order chi connectivity index (χ0) is 26.1. The minimum Gasteiger partial charge on any atom is -0.508 e. The summed E-state index contributed by atoms with van der Waals surface area (Å²) >= 11 is 2.80. The standard InChI is InChI=1S/C27H23N3O5S2/c1-4-35-26(33)16-5-7-17(8-6-16)28-27-30(18-9-11-19(31)12-10-18)24(32)23(37-27)25-29(2)21-15-20(34-3)13-14-22(21)36-25/h5-15,31H,4H2,1-3H3. The number of benzene rings is 3. The number of thioether (sulfide) groups is 2. The van der Waals surface area contributed by atoms with E-state index in [2.05, 4.69) is 0 Å². The molecule has 0 spiro atoms. The summed E-state index contributed by atoms with van der Waals surface area (Å²) in [6, 6.07) is 18.9. The van der Waals surface area contributed by atoms with E-state index in [-0.39, 0.29) is 11.7 Å². The van der Waals surface area contributed by atoms with Crippen LogP contribution in [0.25, 0.3) is 0 Å². The molecule has 37 heavy (non-hydrogen) atoms. The lowest BCUT2D eigenvalue weighted by atomic mass is 10.2. The number of rotatable bonds is 5. The number of aliphatic imine (C=N–C) groups is 1. The van der Waals surface area contributed by atoms with Gasteiger partial charge in [-0.3, -0.25) is 9.69 Å². The van der Waals surface area contributed by atoms with Gasteiger partial charge in [-0.1, -0.05) is 11.8 Å². The number of esters is 1. The Morgan fingerprint density at radius 2 is 1.76 bits per heavy atom. The summed E-state index contributed by atoms with van der Waals surface area (Å²) < 4.78 is 10.4. The Balaban J connectivity index is 1.54. The number of nitrogens with zero attached hydrogens (tertiary/aromatic N) is 3. The third kappa shape index (κ3) is 4.77. The van der Waals surface area contributed by atoms with Crippen molar-refractivity contribution in [3.63, 3.8) is 0 Å². The summed E-state index contributed by atoms with van der Waals surface area (Å²) in [5.41, 5.74) is 2.55. The van der Waals surface area contributed by atoms with Crippen LogP contribution in [0.1, 0.15) is 17.3 Å². The van der Waals surface area contributed by atoms with E-state index in [9.17, 15) is 14.7 Å². The molecule has 0 atom stereocenters. The summed E-state index contributed by atoms with van der Waals surface area (Å²) in [6.45, 7) is 2.05. The number of phenolic OH excluding ortho intramolecular Hbond substituents is 1. The van der Waals surface area contributed by atoms with Crippen LogP contribution in [0.2, 0.25) is 0 Å². The maximum Gasteiger partial charge on any atom is 0.338 e. The molecule has 0 bridgehead atoms.